The molecule has 7 nitrogen and oxygen atoms in total. The molecule has 0 radical (unpaired) electrons. The Morgan fingerprint density at radius 3 is 2.72 bits per heavy atom. The van der Waals surface area contributed by atoms with E-state index in [1.54, 1.807) is 25.7 Å². The zero-order chi connectivity index (χ0) is 21.0. The molecule has 1 saturated heterocycles. The van der Waals surface area contributed by atoms with Crippen LogP contribution in [0.15, 0.2) is 12.2 Å². The first-order chi connectivity index (χ1) is 13.7. The van der Waals surface area contributed by atoms with Crippen molar-refractivity contribution < 1.29 is 19.1 Å². The summed E-state index contributed by atoms with van der Waals surface area (Å²) in [7, 11) is 0. The van der Waals surface area contributed by atoms with Crippen molar-refractivity contribution in [3.05, 3.63) is 12.2 Å². The molecule has 29 heavy (non-hydrogen) atoms. The van der Waals surface area contributed by atoms with E-state index >= 15 is 0 Å². The SMILES string of the molecule is CC(C)(C)OC(=O)N[C@H]1CCCCC/C=C\[C@@H]2C[C@H]2NC(=O)[C@@H]2CCCN2C1=O. The molecule has 0 aromatic rings. The van der Waals surface area contributed by atoms with Gasteiger partial charge in [-0.25, -0.2) is 4.79 Å². The van der Waals surface area contributed by atoms with Gasteiger partial charge in [-0.1, -0.05) is 25.0 Å². The number of ether oxygens (including phenoxy) is 1. The largest absolute Gasteiger partial charge is 0.444 e. The fraction of sp³-hybridized carbons (Fsp3) is 0.773. The van der Waals surface area contributed by atoms with Gasteiger partial charge in [-0.05, 0) is 65.2 Å². The Balaban J connectivity index is 1.71. The summed E-state index contributed by atoms with van der Waals surface area (Å²) >= 11 is 0. The number of carbonyl (C=O) groups excluding carboxylic acids is 3. The second kappa shape index (κ2) is 9.18. The van der Waals surface area contributed by atoms with E-state index < -0.39 is 23.8 Å². The van der Waals surface area contributed by atoms with Gasteiger partial charge in [0.15, 0.2) is 0 Å². The summed E-state index contributed by atoms with van der Waals surface area (Å²) < 4.78 is 5.36. The van der Waals surface area contributed by atoms with E-state index in [2.05, 4.69) is 22.8 Å². The van der Waals surface area contributed by atoms with Crippen molar-refractivity contribution in [1.29, 1.82) is 0 Å². The second-order valence-corrected chi connectivity index (χ2v) is 9.47. The molecular formula is C22H35N3O4. The number of hydrogen-bond donors (Lipinski definition) is 2. The maximum atomic E-state index is 13.3. The standard InChI is InChI=1S/C22H35N3O4/c1-22(2,3)29-21(28)24-16-11-8-6-4-5-7-10-15-14-17(15)23-19(26)18-12-9-13-25(18)20(16)27/h7,10,15-18H,4-6,8-9,11-14H2,1-3H3,(H,23,26)(H,24,28)/b10-7-/t15-,16+,17-,18+/m1/s1. The lowest BCUT2D eigenvalue weighted by molar-refractivity contribution is -0.140. The Morgan fingerprint density at radius 2 is 1.97 bits per heavy atom. The van der Waals surface area contributed by atoms with Crippen molar-refractivity contribution in [2.24, 2.45) is 5.92 Å². The number of fused-ring (bicyclic) bond motifs is 2. The lowest BCUT2D eigenvalue weighted by Gasteiger charge is -2.29. The van der Waals surface area contributed by atoms with Crippen LogP contribution in [0.25, 0.3) is 0 Å². The van der Waals surface area contributed by atoms with Crippen molar-refractivity contribution in [2.75, 3.05) is 6.54 Å². The lowest BCUT2D eigenvalue weighted by atomic mass is 10.0. The molecule has 2 aliphatic heterocycles. The van der Waals surface area contributed by atoms with E-state index in [1.807, 2.05) is 0 Å². The topological polar surface area (TPSA) is 87.7 Å². The molecule has 2 heterocycles. The fourth-order valence-corrected chi connectivity index (χ4v) is 4.14. The Labute approximate surface area is 173 Å². The molecule has 3 amide bonds. The van der Waals surface area contributed by atoms with Crippen molar-refractivity contribution in [2.45, 2.75) is 95.9 Å². The van der Waals surface area contributed by atoms with Gasteiger partial charge in [-0.15, -0.1) is 0 Å². The van der Waals surface area contributed by atoms with Crippen molar-refractivity contribution in [1.82, 2.24) is 15.5 Å². The third-order valence-electron chi connectivity index (χ3n) is 5.74. The van der Waals surface area contributed by atoms with Gasteiger partial charge in [0.25, 0.3) is 0 Å². The van der Waals surface area contributed by atoms with Gasteiger partial charge < -0.3 is 20.3 Å². The molecule has 3 aliphatic rings. The smallest absolute Gasteiger partial charge is 0.408 e. The first kappa shape index (κ1) is 21.7. The summed E-state index contributed by atoms with van der Waals surface area (Å²) in [5.74, 6) is 0.188. The van der Waals surface area contributed by atoms with E-state index in [-0.39, 0.29) is 17.9 Å². The lowest BCUT2D eigenvalue weighted by Crippen LogP contribution is -2.54. The second-order valence-electron chi connectivity index (χ2n) is 9.47. The van der Waals surface area contributed by atoms with Crippen LogP contribution in [0.5, 0.6) is 0 Å². The number of amides is 3. The van der Waals surface area contributed by atoms with Gasteiger partial charge in [-0.2, -0.15) is 0 Å². The predicted octanol–water partition coefficient (Wildman–Crippen LogP) is 2.90. The molecule has 4 atom stereocenters. The van der Waals surface area contributed by atoms with Crippen LogP contribution < -0.4 is 10.6 Å². The molecule has 0 aromatic carbocycles. The molecular weight excluding hydrogens is 370 g/mol. The molecule has 1 aliphatic carbocycles. The maximum absolute atomic E-state index is 13.3. The first-order valence-electron chi connectivity index (χ1n) is 11.0. The van der Waals surface area contributed by atoms with E-state index in [9.17, 15) is 14.4 Å². The highest BCUT2D eigenvalue weighted by Crippen LogP contribution is 2.33. The highest BCUT2D eigenvalue weighted by atomic mass is 16.6. The quantitative estimate of drug-likeness (QED) is 0.657. The van der Waals surface area contributed by atoms with E-state index in [1.165, 1.54) is 0 Å². The first-order valence-corrected chi connectivity index (χ1v) is 11.0. The van der Waals surface area contributed by atoms with E-state index in [0.717, 1.165) is 38.5 Å². The van der Waals surface area contributed by atoms with Crippen molar-refractivity contribution in [3.63, 3.8) is 0 Å². The average molecular weight is 406 g/mol. The maximum Gasteiger partial charge on any atom is 0.408 e. The summed E-state index contributed by atoms with van der Waals surface area (Å²) in [5, 5.41) is 5.87. The minimum Gasteiger partial charge on any atom is -0.444 e. The molecule has 2 N–H and O–H groups in total. The summed E-state index contributed by atoms with van der Waals surface area (Å²) in [5.41, 5.74) is -0.629. The number of allylic oxidation sites excluding steroid dienone is 1. The van der Waals surface area contributed by atoms with Crippen LogP contribution in [-0.2, 0) is 14.3 Å². The summed E-state index contributed by atoms with van der Waals surface area (Å²) in [6, 6.07) is -0.912. The van der Waals surface area contributed by atoms with Crippen LogP contribution in [0.4, 0.5) is 4.79 Å². The van der Waals surface area contributed by atoms with Gasteiger partial charge in [-0.3, -0.25) is 9.59 Å². The minimum absolute atomic E-state index is 0.0670. The third-order valence-corrected chi connectivity index (χ3v) is 5.74. The third kappa shape index (κ3) is 6.21. The van der Waals surface area contributed by atoms with Crippen molar-refractivity contribution >= 4 is 17.9 Å². The number of carbonyl (C=O) groups is 3. The molecule has 1 saturated carbocycles. The predicted molar refractivity (Wildman–Crippen MR) is 110 cm³/mol. The van der Waals surface area contributed by atoms with Crippen LogP contribution in [0.1, 0.15) is 72.1 Å². The van der Waals surface area contributed by atoms with Gasteiger partial charge in [0.1, 0.15) is 17.7 Å². The highest BCUT2D eigenvalue weighted by Gasteiger charge is 2.42. The minimum atomic E-state index is -0.660. The van der Waals surface area contributed by atoms with Gasteiger partial charge in [0, 0.05) is 12.6 Å². The Kier molecular flexibility index (Phi) is 6.85. The van der Waals surface area contributed by atoms with Crippen LogP contribution >= 0.6 is 0 Å². The number of nitrogens with one attached hydrogen (secondary N) is 2. The number of alkyl carbamates (subject to hydrolysis) is 1. The zero-order valence-electron chi connectivity index (χ0n) is 17.9. The summed E-state index contributed by atoms with van der Waals surface area (Å²) in [6.07, 6.45) is 10.7. The molecule has 2 fully saturated rings. The van der Waals surface area contributed by atoms with Crippen LogP contribution in [0.3, 0.4) is 0 Å². The average Bonchev–Trinajstić information content (AvgIpc) is 3.15. The molecule has 0 unspecified atom stereocenters. The molecule has 162 valence electrons. The Morgan fingerprint density at radius 1 is 1.17 bits per heavy atom. The van der Waals surface area contributed by atoms with Crippen molar-refractivity contribution in [3.8, 4) is 0 Å². The Bertz CT molecular complexity index is 655. The van der Waals surface area contributed by atoms with E-state index in [4.69, 9.17) is 4.74 Å². The monoisotopic (exact) mass is 405 g/mol. The number of nitrogens with zero attached hydrogens (tertiary/aromatic N) is 1. The van der Waals surface area contributed by atoms with Gasteiger partial charge in [0.2, 0.25) is 11.8 Å². The summed E-state index contributed by atoms with van der Waals surface area (Å²) in [6.45, 7) is 5.94. The molecule has 7 heteroatoms. The zero-order valence-corrected chi connectivity index (χ0v) is 17.9. The van der Waals surface area contributed by atoms with Crippen LogP contribution in [-0.4, -0.2) is 53.1 Å². The van der Waals surface area contributed by atoms with Crippen LogP contribution in [0.2, 0.25) is 0 Å². The Hall–Kier alpha value is -2.05. The highest BCUT2D eigenvalue weighted by molar-refractivity contribution is 5.92. The molecule has 0 spiro atoms. The fourth-order valence-electron chi connectivity index (χ4n) is 4.14. The van der Waals surface area contributed by atoms with E-state index in [0.29, 0.717) is 25.3 Å². The molecule has 0 aromatic heterocycles. The van der Waals surface area contributed by atoms with Crippen LogP contribution in [0, 0.1) is 5.92 Å². The number of rotatable bonds is 1. The van der Waals surface area contributed by atoms with Gasteiger partial charge in [0.05, 0.1) is 0 Å². The molecule has 0 bridgehead atoms. The number of hydrogen-bond acceptors (Lipinski definition) is 4. The van der Waals surface area contributed by atoms with Gasteiger partial charge >= 0.3 is 6.09 Å². The summed E-state index contributed by atoms with van der Waals surface area (Å²) in [4.78, 5) is 40.0. The molecule has 3 rings (SSSR count). The normalized spacial score (nSPS) is 32.2.